The smallest absolute Gasteiger partial charge is 0.123 e. The van der Waals surface area contributed by atoms with E-state index in [4.69, 9.17) is 14.2 Å². The van der Waals surface area contributed by atoms with E-state index in [0.717, 1.165) is 34.1 Å². The summed E-state index contributed by atoms with van der Waals surface area (Å²) in [4.78, 5) is 1.23. The molecule has 166 valence electrons. The number of fused-ring (bicyclic) bond motifs is 1. The molecule has 0 bridgehead atoms. The number of thiophene rings is 1. The third-order valence-electron chi connectivity index (χ3n) is 6.02. The van der Waals surface area contributed by atoms with E-state index in [-0.39, 0.29) is 0 Å². The van der Waals surface area contributed by atoms with Crippen LogP contribution in [0.5, 0.6) is 17.2 Å². The van der Waals surface area contributed by atoms with Crippen LogP contribution in [0, 0.1) is 0 Å². The minimum atomic E-state index is 0.769. The number of hydrogen-bond donors (Lipinski definition) is 0. The first-order valence-corrected chi connectivity index (χ1v) is 11.5. The van der Waals surface area contributed by atoms with Crippen LogP contribution in [0.3, 0.4) is 0 Å². The van der Waals surface area contributed by atoms with Gasteiger partial charge in [0, 0.05) is 40.0 Å². The summed E-state index contributed by atoms with van der Waals surface area (Å²) >= 11 is 1.75. The van der Waals surface area contributed by atoms with Gasteiger partial charge in [-0.2, -0.15) is 0 Å². The van der Waals surface area contributed by atoms with Gasteiger partial charge in [0.2, 0.25) is 0 Å². The molecule has 0 saturated carbocycles. The second kappa shape index (κ2) is 8.68. The lowest BCUT2D eigenvalue weighted by molar-refractivity contribution is 0.394. The second-order valence-corrected chi connectivity index (χ2v) is 8.77. The van der Waals surface area contributed by atoms with Gasteiger partial charge in [0.25, 0.3) is 0 Å². The van der Waals surface area contributed by atoms with Gasteiger partial charge in [0.05, 0.1) is 27.0 Å². The van der Waals surface area contributed by atoms with Gasteiger partial charge >= 0.3 is 0 Å². The molecule has 0 N–H and O–H groups in total. The Kier molecular flexibility index (Phi) is 5.56. The molecule has 2 aromatic heterocycles. The van der Waals surface area contributed by atoms with Crippen LogP contribution in [0.4, 0.5) is 0 Å². The number of rotatable bonds is 6. The van der Waals surface area contributed by atoms with Crippen LogP contribution >= 0.6 is 11.3 Å². The summed E-state index contributed by atoms with van der Waals surface area (Å²) in [5, 5.41) is 3.34. The fourth-order valence-electron chi connectivity index (χ4n) is 4.36. The fourth-order valence-corrected chi connectivity index (χ4v) is 5.15. The van der Waals surface area contributed by atoms with Crippen LogP contribution in [0.25, 0.3) is 43.7 Å². The number of ether oxygens (including phenoxy) is 3. The van der Waals surface area contributed by atoms with Crippen molar-refractivity contribution in [3.8, 4) is 50.1 Å². The Morgan fingerprint density at radius 3 is 1.94 bits per heavy atom. The minimum Gasteiger partial charge on any atom is -0.497 e. The van der Waals surface area contributed by atoms with E-state index in [1.54, 1.807) is 32.7 Å². The van der Waals surface area contributed by atoms with Gasteiger partial charge in [-0.15, -0.1) is 11.3 Å². The molecular formula is C28H25NO3S. The van der Waals surface area contributed by atoms with Gasteiger partial charge < -0.3 is 18.8 Å². The van der Waals surface area contributed by atoms with E-state index in [0.29, 0.717) is 0 Å². The zero-order chi connectivity index (χ0) is 22.9. The molecule has 0 atom stereocenters. The molecule has 0 fully saturated rings. The Bertz CT molecular complexity index is 1390. The van der Waals surface area contributed by atoms with Crippen LogP contribution in [0.2, 0.25) is 0 Å². The predicted molar refractivity (Wildman–Crippen MR) is 137 cm³/mol. The van der Waals surface area contributed by atoms with Crippen molar-refractivity contribution in [2.75, 3.05) is 21.3 Å². The fraction of sp³-hybridized carbons (Fsp3) is 0.143. The van der Waals surface area contributed by atoms with Gasteiger partial charge in [-0.25, -0.2) is 0 Å². The molecule has 5 heteroatoms. The molecule has 0 aliphatic rings. The normalized spacial score (nSPS) is 11.0. The van der Waals surface area contributed by atoms with Crippen molar-refractivity contribution in [1.29, 1.82) is 0 Å². The highest BCUT2D eigenvalue weighted by Gasteiger charge is 2.21. The van der Waals surface area contributed by atoms with E-state index in [1.165, 1.54) is 26.9 Å². The van der Waals surface area contributed by atoms with Crippen molar-refractivity contribution in [2.45, 2.75) is 0 Å². The molecular weight excluding hydrogens is 430 g/mol. The largest absolute Gasteiger partial charge is 0.497 e. The Labute approximate surface area is 197 Å². The predicted octanol–water partition coefficient (Wildman–Crippen LogP) is 7.27. The number of methoxy groups -OCH3 is 3. The van der Waals surface area contributed by atoms with Crippen molar-refractivity contribution in [3.63, 3.8) is 0 Å². The number of hydrogen-bond acceptors (Lipinski definition) is 4. The average Bonchev–Trinajstić information content (AvgIpc) is 3.49. The molecule has 0 spiro atoms. The van der Waals surface area contributed by atoms with Gasteiger partial charge in [-0.1, -0.05) is 24.3 Å². The molecule has 4 nitrogen and oxygen atoms in total. The quantitative estimate of drug-likeness (QED) is 0.270. The SMILES string of the molecule is COc1ccc(-c2ccc3c(c2)c(-c2cccs2)c(-c2cc(OC)cc(OC)c2)n3C)cc1. The number of benzene rings is 3. The molecule has 0 aliphatic heterocycles. The van der Waals surface area contributed by atoms with Gasteiger partial charge in [-0.05, 0) is 59.0 Å². The topological polar surface area (TPSA) is 32.6 Å². The molecule has 0 saturated heterocycles. The zero-order valence-corrected chi connectivity index (χ0v) is 19.9. The Morgan fingerprint density at radius 1 is 0.667 bits per heavy atom. The highest BCUT2D eigenvalue weighted by Crippen LogP contribution is 2.44. The van der Waals surface area contributed by atoms with E-state index in [2.05, 4.69) is 71.6 Å². The van der Waals surface area contributed by atoms with Gasteiger partial charge in [0.15, 0.2) is 0 Å². The van der Waals surface area contributed by atoms with Crippen molar-refractivity contribution in [3.05, 3.63) is 78.2 Å². The summed E-state index contributed by atoms with van der Waals surface area (Å²) in [5.41, 5.74) is 6.91. The lowest BCUT2D eigenvalue weighted by Crippen LogP contribution is -1.95. The van der Waals surface area contributed by atoms with Crippen LogP contribution in [-0.2, 0) is 7.05 Å². The standard InChI is InChI=1S/C28H25NO3S/c1-29-25-12-9-19(18-7-10-21(30-2)11-8-18)16-24(25)27(26-6-5-13-33-26)28(29)20-14-22(31-3)17-23(15-20)32-4/h5-17H,1-4H3. The molecule has 0 radical (unpaired) electrons. The summed E-state index contributed by atoms with van der Waals surface area (Å²) in [5.74, 6) is 2.39. The van der Waals surface area contributed by atoms with Crippen LogP contribution in [-0.4, -0.2) is 25.9 Å². The number of aromatic nitrogens is 1. The van der Waals surface area contributed by atoms with Gasteiger partial charge in [0.1, 0.15) is 17.2 Å². The van der Waals surface area contributed by atoms with E-state index in [9.17, 15) is 0 Å². The third kappa shape index (κ3) is 3.74. The maximum absolute atomic E-state index is 5.56. The summed E-state index contributed by atoms with van der Waals surface area (Å²) in [7, 11) is 7.17. The van der Waals surface area contributed by atoms with Gasteiger partial charge in [-0.3, -0.25) is 0 Å². The van der Waals surface area contributed by atoms with Crippen LogP contribution in [0.1, 0.15) is 0 Å². The first kappa shape index (κ1) is 21.2. The number of nitrogens with zero attached hydrogens (tertiary/aromatic N) is 1. The van der Waals surface area contributed by atoms with E-state index < -0.39 is 0 Å². The molecule has 33 heavy (non-hydrogen) atoms. The Morgan fingerprint density at radius 2 is 1.33 bits per heavy atom. The maximum Gasteiger partial charge on any atom is 0.123 e. The Balaban J connectivity index is 1.78. The van der Waals surface area contributed by atoms with E-state index in [1.807, 2.05) is 18.2 Å². The molecule has 5 rings (SSSR count). The number of aryl methyl sites for hydroxylation is 1. The summed E-state index contributed by atoms with van der Waals surface area (Å²) in [6.45, 7) is 0. The monoisotopic (exact) mass is 455 g/mol. The van der Waals surface area contributed by atoms with Crippen molar-refractivity contribution >= 4 is 22.2 Å². The maximum atomic E-state index is 5.56. The highest BCUT2D eigenvalue weighted by molar-refractivity contribution is 7.13. The van der Waals surface area contributed by atoms with Crippen molar-refractivity contribution in [1.82, 2.24) is 4.57 Å². The molecule has 5 aromatic rings. The molecule has 0 aliphatic carbocycles. The molecule has 0 unspecified atom stereocenters. The van der Waals surface area contributed by atoms with Crippen molar-refractivity contribution < 1.29 is 14.2 Å². The molecule has 0 amide bonds. The van der Waals surface area contributed by atoms with Crippen LogP contribution < -0.4 is 14.2 Å². The summed E-state index contributed by atoms with van der Waals surface area (Å²) < 4.78 is 18.7. The average molecular weight is 456 g/mol. The lowest BCUT2D eigenvalue weighted by atomic mass is 9.99. The lowest BCUT2D eigenvalue weighted by Gasteiger charge is -2.11. The van der Waals surface area contributed by atoms with E-state index >= 15 is 0 Å². The summed E-state index contributed by atoms with van der Waals surface area (Å²) in [6, 6.07) is 25.2. The molecule has 3 aromatic carbocycles. The minimum absolute atomic E-state index is 0.769. The third-order valence-corrected chi connectivity index (χ3v) is 6.90. The van der Waals surface area contributed by atoms with Crippen LogP contribution in [0.15, 0.2) is 78.2 Å². The van der Waals surface area contributed by atoms with Crippen molar-refractivity contribution in [2.24, 2.45) is 7.05 Å². The summed E-state index contributed by atoms with van der Waals surface area (Å²) in [6.07, 6.45) is 0. The molecule has 2 heterocycles. The first-order valence-electron chi connectivity index (χ1n) is 10.7. The zero-order valence-electron chi connectivity index (χ0n) is 19.1. The second-order valence-electron chi connectivity index (χ2n) is 7.82. The Hall–Kier alpha value is -3.70. The highest BCUT2D eigenvalue weighted by atomic mass is 32.1. The first-order chi connectivity index (χ1) is 16.1.